The first-order valence-corrected chi connectivity index (χ1v) is 7.24. The Morgan fingerprint density at radius 3 is 2.91 bits per heavy atom. The van der Waals surface area contributed by atoms with Crippen LogP contribution < -0.4 is 10.7 Å². The van der Waals surface area contributed by atoms with Crippen LogP contribution in [0.15, 0.2) is 33.7 Å². The number of hydrogen-bond donors (Lipinski definition) is 2. The van der Waals surface area contributed by atoms with Crippen LogP contribution in [0.4, 0.5) is 0 Å². The van der Waals surface area contributed by atoms with E-state index in [2.05, 4.69) is 20.4 Å². The molecule has 1 aromatic carbocycles. The molecule has 0 aliphatic rings. The minimum absolute atomic E-state index is 0.0878. The molecule has 0 radical (unpaired) electrons. The number of rotatable bonds is 4. The third-order valence-electron chi connectivity index (χ3n) is 3.48. The molecule has 3 rings (SSSR count). The van der Waals surface area contributed by atoms with Gasteiger partial charge in [0.15, 0.2) is 5.82 Å². The van der Waals surface area contributed by atoms with Gasteiger partial charge in [0.2, 0.25) is 11.3 Å². The Morgan fingerprint density at radius 1 is 1.35 bits per heavy atom. The Morgan fingerprint density at radius 2 is 2.17 bits per heavy atom. The fourth-order valence-electron chi connectivity index (χ4n) is 2.32. The Bertz CT molecular complexity index is 926. The van der Waals surface area contributed by atoms with E-state index in [4.69, 9.17) is 4.52 Å². The summed E-state index contributed by atoms with van der Waals surface area (Å²) in [5.74, 6) is 0.574. The Hall–Kier alpha value is -2.96. The summed E-state index contributed by atoms with van der Waals surface area (Å²) in [6.07, 6.45) is 1.85. The Balaban J connectivity index is 1.75. The van der Waals surface area contributed by atoms with Gasteiger partial charge in [0.1, 0.15) is 5.56 Å². The monoisotopic (exact) mass is 312 g/mol. The number of H-pyrrole nitrogens is 1. The number of hydrogen-bond acceptors (Lipinski definition) is 5. The van der Waals surface area contributed by atoms with Crippen molar-refractivity contribution < 1.29 is 9.32 Å². The summed E-state index contributed by atoms with van der Waals surface area (Å²) in [5.41, 5.74) is 1.48. The van der Waals surface area contributed by atoms with E-state index in [1.807, 2.05) is 19.1 Å². The molecule has 7 heteroatoms. The van der Waals surface area contributed by atoms with E-state index in [-0.39, 0.29) is 11.0 Å². The molecule has 23 heavy (non-hydrogen) atoms. The number of nitrogens with zero attached hydrogens (tertiary/aromatic N) is 2. The van der Waals surface area contributed by atoms with Gasteiger partial charge in [-0.3, -0.25) is 9.59 Å². The number of carbonyl (C=O) groups excluding carboxylic acids is 1. The second kappa shape index (κ2) is 6.04. The number of amides is 1. The first-order chi connectivity index (χ1) is 11.0. The highest BCUT2D eigenvalue weighted by molar-refractivity contribution is 5.97. The summed E-state index contributed by atoms with van der Waals surface area (Å²) in [6.45, 7) is 3.94. The highest BCUT2D eigenvalue weighted by atomic mass is 16.5. The molecule has 0 saturated heterocycles. The zero-order valence-corrected chi connectivity index (χ0v) is 12.8. The van der Waals surface area contributed by atoms with Gasteiger partial charge in [-0.15, -0.1) is 0 Å². The van der Waals surface area contributed by atoms with Crippen molar-refractivity contribution in [2.24, 2.45) is 0 Å². The summed E-state index contributed by atoms with van der Waals surface area (Å²) >= 11 is 0. The summed E-state index contributed by atoms with van der Waals surface area (Å²) in [6, 6.07) is 5.50. The molecule has 3 aromatic rings. The van der Waals surface area contributed by atoms with Crippen molar-refractivity contribution in [3.63, 3.8) is 0 Å². The molecule has 0 fully saturated rings. The molecule has 2 heterocycles. The summed E-state index contributed by atoms with van der Waals surface area (Å²) in [4.78, 5) is 31.7. The lowest BCUT2D eigenvalue weighted by molar-refractivity contribution is 0.0952. The summed E-state index contributed by atoms with van der Waals surface area (Å²) in [5, 5.41) is 6.87. The number of fused-ring (bicyclic) bond motifs is 1. The van der Waals surface area contributed by atoms with Crippen molar-refractivity contribution in [1.29, 1.82) is 0 Å². The molecule has 0 bridgehead atoms. The standard InChI is InChI=1S/C16H16N4O3/c1-9-3-4-13-11(7-9)15(21)12(8-18-13)16(22)17-6-5-14-19-10(2)20-23-14/h3-4,7-8H,5-6H2,1-2H3,(H,17,22)(H,18,21). The number of aryl methyl sites for hydroxylation is 2. The second-order valence-electron chi connectivity index (χ2n) is 5.32. The number of benzene rings is 1. The molecule has 0 aliphatic carbocycles. The van der Waals surface area contributed by atoms with Gasteiger partial charge in [-0.1, -0.05) is 16.8 Å². The van der Waals surface area contributed by atoms with Gasteiger partial charge < -0.3 is 14.8 Å². The molecule has 0 unspecified atom stereocenters. The Kier molecular flexibility index (Phi) is 3.92. The Labute approximate surface area is 131 Å². The normalized spacial score (nSPS) is 10.9. The van der Waals surface area contributed by atoms with Crippen molar-refractivity contribution in [3.05, 3.63) is 57.5 Å². The van der Waals surface area contributed by atoms with Gasteiger partial charge >= 0.3 is 0 Å². The fourth-order valence-corrected chi connectivity index (χ4v) is 2.32. The largest absolute Gasteiger partial charge is 0.360 e. The van der Waals surface area contributed by atoms with Gasteiger partial charge in [0.05, 0.1) is 0 Å². The first-order valence-electron chi connectivity index (χ1n) is 7.24. The molecule has 0 atom stereocenters. The lowest BCUT2D eigenvalue weighted by Crippen LogP contribution is -2.30. The van der Waals surface area contributed by atoms with Crippen molar-refractivity contribution in [1.82, 2.24) is 20.4 Å². The number of aromatic nitrogens is 3. The lowest BCUT2D eigenvalue weighted by Gasteiger charge is -2.05. The van der Waals surface area contributed by atoms with E-state index >= 15 is 0 Å². The predicted octanol–water partition coefficient (Wildman–Crippen LogP) is 1.50. The maximum absolute atomic E-state index is 12.4. The molecular formula is C16H16N4O3. The van der Waals surface area contributed by atoms with E-state index in [0.717, 1.165) is 5.56 Å². The lowest BCUT2D eigenvalue weighted by atomic mass is 10.1. The maximum atomic E-state index is 12.4. The van der Waals surface area contributed by atoms with Crippen LogP contribution in [0, 0.1) is 13.8 Å². The topological polar surface area (TPSA) is 101 Å². The minimum atomic E-state index is -0.425. The van der Waals surface area contributed by atoms with Crippen LogP contribution in [0.1, 0.15) is 27.6 Å². The molecule has 2 N–H and O–H groups in total. The van der Waals surface area contributed by atoms with Crippen molar-refractivity contribution in [2.45, 2.75) is 20.3 Å². The predicted molar refractivity (Wildman–Crippen MR) is 84.4 cm³/mol. The van der Waals surface area contributed by atoms with Gasteiger partial charge in [0, 0.05) is 30.1 Å². The molecule has 0 aliphatic heterocycles. The fraction of sp³-hybridized carbons (Fsp3) is 0.250. The van der Waals surface area contributed by atoms with Crippen molar-refractivity contribution >= 4 is 16.8 Å². The van der Waals surface area contributed by atoms with E-state index in [9.17, 15) is 9.59 Å². The van der Waals surface area contributed by atoms with Gasteiger partial charge in [-0.05, 0) is 26.0 Å². The smallest absolute Gasteiger partial charge is 0.256 e. The molecule has 2 aromatic heterocycles. The third-order valence-corrected chi connectivity index (χ3v) is 3.48. The zero-order chi connectivity index (χ0) is 16.4. The first kappa shape index (κ1) is 15.0. The van der Waals surface area contributed by atoms with Crippen molar-refractivity contribution in [2.75, 3.05) is 6.54 Å². The summed E-state index contributed by atoms with van der Waals surface area (Å²) in [7, 11) is 0. The number of nitrogens with one attached hydrogen (secondary N) is 2. The van der Waals surface area contributed by atoms with Crippen LogP contribution >= 0.6 is 0 Å². The average molecular weight is 312 g/mol. The van der Waals surface area contributed by atoms with Gasteiger partial charge in [-0.2, -0.15) is 4.98 Å². The number of aromatic amines is 1. The van der Waals surface area contributed by atoms with E-state index in [1.54, 1.807) is 13.0 Å². The molecule has 1 amide bonds. The van der Waals surface area contributed by atoms with Crippen LogP contribution in [0.3, 0.4) is 0 Å². The van der Waals surface area contributed by atoms with Gasteiger partial charge in [0.25, 0.3) is 5.91 Å². The number of pyridine rings is 1. The quantitative estimate of drug-likeness (QED) is 0.760. The number of carbonyl (C=O) groups is 1. The van der Waals surface area contributed by atoms with Crippen LogP contribution in [-0.4, -0.2) is 27.6 Å². The molecule has 0 spiro atoms. The third kappa shape index (κ3) is 3.13. The van der Waals surface area contributed by atoms with Crippen LogP contribution in [0.25, 0.3) is 10.9 Å². The van der Waals surface area contributed by atoms with E-state index < -0.39 is 5.91 Å². The zero-order valence-electron chi connectivity index (χ0n) is 12.8. The van der Waals surface area contributed by atoms with Crippen LogP contribution in [0.5, 0.6) is 0 Å². The van der Waals surface area contributed by atoms with Crippen LogP contribution in [-0.2, 0) is 6.42 Å². The average Bonchev–Trinajstić information content (AvgIpc) is 2.93. The van der Waals surface area contributed by atoms with Crippen molar-refractivity contribution in [3.8, 4) is 0 Å². The van der Waals surface area contributed by atoms with Gasteiger partial charge in [-0.25, -0.2) is 0 Å². The second-order valence-corrected chi connectivity index (χ2v) is 5.32. The molecular weight excluding hydrogens is 296 g/mol. The molecule has 7 nitrogen and oxygen atoms in total. The summed E-state index contributed by atoms with van der Waals surface area (Å²) < 4.78 is 4.97. The highest BCUT2D eigenvalue weighted by Crippen LogP contribution is 2.10. The minimum Gasteiger partial charge on any atom is -0.360 e. The van der Waals surface area contributed by atoms with E-state index in [0.29, 0.717) is 35.6 Å². The SMILES string of the molecule is Cc1ccc2[nH]cc(C(=O)NCCc3nc(C)no3)c(=O)c2c1. The molecule has 118 valence electrons. The highest BCUT2D eigenvalue weighted by Gasteiger charge is 2.13. The van der Waals surface area contributed by atoms with Crippen LogP contribution in [0.2, 0.25) is 0 Å². The maximum Gasteiger partial charge on any atom is 0.256 e. The van der Waals surface area contributed by atoms with E-state index in [1.165, 1.54) is 6.20 Å². The molecule has 0 saturated carbocycles.